The first-order chi connectivity index (χ1) is 11.7. The average molecular weight is 326 g/mol. The summed E-state index contributed by atoms with van der Waals surface area (Å²) in [7, 11) is 1.36. The van der Waals surface area contributed by atoms with E-state index in [1.165, 1.54) is 7.11 Å². The van der Waals surface area contributed by atoms with Gasteiger partial charge in [-0.1, -0.05) is 6.07 Å². The van der Waals surface area contributed by atoms with E-state index < -0.39 is 0 Å². The van der Waals surface area contributed by atoms with Crippen LogP contribution in [-0.4, -0.2) is 40.5 Å². The normalized spacial score (nSPS) is 13.1. The Labute approximate surface area is 139 Å². The molecule has 0 saturated carbocycles. The van der Waals surface area contributed by atoms with Crippen molar-refractivity contribution in [2.24, 2.45) is 0 Å². The fourth-order valence-electron chi connectivity index (χ4n) is 2.74. The lowest BCUT2D eigenvalue weighted by Crippen LogP contribution is -2.37. The maximum atomic E-state index is 12.5. The third-order valence-electron chi connectivity index (χ3n) is 3.97. The summed E-state index contributed by atoms with van der Waals surface area (Å²) in [5, 5.41) is 2.86. The second kappa shape index (κ2) is 7.08. The number of hydrogen-bond donors (Lipinski definition) is 1. The molecule has 0 aliphatic carbocycles. The van der Waals surface area contributed by atoms with E-state index in [9.17, 15) is 9.59 Å². The summed E-state index contributed by atoms with van der Waals surface area (Å²) in [6.07, 6.45) is 5.18. The third-order valence-corrected chi connectivity index (χ3v) is 3.97. The Bertz CT molecular complexity index is 749. The molecule has 2 aromatic heterocycles. The zero-order chi connectivity index (χ0) is 16.9. The molecule has 24 heavy (non-hydrogen) atoms. The predicted molar refractivity (Wildman–Crippen MR) is 86.2 cm³/mol. The van der Waals surface area contributed by atoms with Crippen LogP contribution in [0.4, 0.5) is 4.79 Å². The minimum atomic E-state index is -0.370. The number of hydrogen-bond acceptors (Lipinski definition) is 5. The molecule has 0 saturated heterocycles. The zero-order valence-electron chi connectivity index (χ0n) is 13.4. The summed E-state index contributed by atoms with van der Waals surface area (Å²) in [5.74, 6) is -0.184. The second-order valence-electron chi connectivity index (χ2n) is 5.47. The molecule has 0 atom stereocenters. The van der Waals surface area contributed by atoms with Gasteiger partial charge in [0, 0.05) is 25.1 Å². The summed E-state index contributed by atoms with van der Waals surface area (Å²) >= 11 is 0. The lowest BCUT2D eigenvalue weighted by atomic mass is 9.97. The van der Waals surface area contributed by atoms with E-state index in [-0.39, 0.29) is 12.0 Å². The van der Waals surface area contributed by atoms with Gasteiger partial charge in [-0.15, -0.1) is 0 Å². The van der Waals surface area contributed by atoms with Crippen LogP contribution in [0.25, 0.3) is 0 Å². The first-order valence-electron chi connectivity index (χ1n) is 7.66. The van der Waals surface area contributed by atoms with Gasteiger partial charge in [-0.2, -0.15) is 0 Å². The molecule has 7 nitrogen and oxygen atoms in total. The number of nitrogens with zero attached hydrogens (tertiary/aromatic N) is 3. The summed E-state index contributed by atoms with van der Waals surface area (Å²) in [5.41, 5.74) is 3.15. The van der Waals surface area contributed by atoms with E-state index in [4.69, 9.17) is 4.74 Å². The highest BCUT2D eigenvalue weighted by atomic mass is 16.5. The van der Waals surface area contributed by atoms with Gasteiger partial charge >= 0.3 is 6.09 Å². The topological polar surface area (TPSA) is 84.4 Å². The lowest BCUT2D eigenvalue weighted by molar-refractivity contribution is 0.0948. The third kappa shape index (κ3) is 3.34. The highest BCUT2D eigenvalue weighted by Crippen LogP contribution is 2.22. The Hall–Kier alpha value is -2.96. The number of carbonyl (C=O) groups excluding carboxylic acids is 2. The Kier molecular flexibility index (Phi) is 4.69. The number of pyridine rings is 2. The van der Waals surface area contributed by atoms with Gasteiger partial charge in [0.25, 0.3) is 5.91 Å². The molecule has 0 aromatic carbocycles. The number of rotatable bonds is 3. The minimum absolute atomic E-state index is 0.184. The summed E-state index contributed by atoms with van der Waals surface area (Å²) in [6, 6.07) is 5.56. The molecular formula is C17H18N4O3. The molecule has 7 heteroatoms. The fourth-order valence-corrected chi connectivity index (χ4v) is 2.74. The van der Waals surface area contributed by atoms with Crippen molar-refractivity contribution in [1.29, 1.82) is 0 Å². The molecule has 1 aliphatic heterocycles. The Balaban J connectivity index is 1.73. The smallest absolute Gasteiger partial charge is 0.409 e. The van der Waals surface area contributed by atoms with E-state index in [0.29, 0.717) is 31.6 Å². The van der Waals surface area contributed by atoms with E-state index in [0.717, 1.165) is 16.8 Å². The zero-order valence-corrected chi connectivity index (χ0v) is 13.4. The van der Waals surface area contributed by atoms with E-state index in [1.54, 1.807) is 23.5 Å². The standard InChI is InChI=1S/C17H18N4O3/c1-24-17(23)21-7-5-14-12(11-21)8-18-10-15(14)16(22)20-9-13-4-2-3-6-19-13/h2-4,6,8,10H,5,7,9,11H2,1H3,(H,20,22). The molecule has 0 unspecified atom stereocenters. The molecule has 0 bridgehead atoms. The summed E-state index contributed by atoms with van der Waals surface area (Å²) < 4.78 is 4.75. The lowest BCUT2D eigenvalue weighted by Gasteiger charge is -2.28. The van der Waals surface area contributed by atoms with Crippen LogP contribution in [0, 0.1) is 0 Å². The molecule has 2 amide bonds. The highest BCUT2D eigenvalue weighted by Gasteiger charge is 2.25. The number of methoxy groups -OCH3 is 1. The van der Waals surface area contributed by atoms with Crippen molar-refractivity contribution in [3.8, 4) is 0 Å². The fraction of sp³-hybridized carbons (Fsp3) is 0.294. The Morgan fingerprint density at radius 3 is 2.96 bits per heavy atom. The molecule has 3 rings (SSSR count). The van der Waals surface area contributed by atoms with E-state index in [1.807, 2.05) is 18.2 Å². The molecule has 1 N–H and O–H groups in total. The van der Waals surface area contributed by atoms with Crippen LogP contribution in [-0.2, 0) is 24.2 Å². The number of aromatic nitrogens is 2. The van der Waals surface area contributed by atoms with Crippen LogP contribution < -0.4 is 5.32 Å². The average Bonchev–Trinajstić information content (AvgIpc) is 2.65. The molecule has 0 radical (unpaired) electrons. The molecule has 2 aromatic rings. The van der Waals surface area contributed by atoms with Gasteiger partial charge in [0.1, 0.15) is 0 Å². The van der Waals surface area contributed by atoms with Crippen LogP contribution in [0.1, 0.15) is 27.2 Å². The van der Waals surface area contributed by atoms with Gasteiger partial charge in [0.15, 0.2) is 0 Å². The first kappa shape index (κ1) is 15.9. The molecule has 1 aliphatic rings. The second-order valence-corrected chi connectivity index (χ2v) is 5.47. The monoisotopic (exact) mass is 326 g/mol. The Morgan fingerprint density at radius 1 is 1.33 bits per heavy atom. The SMILES string of the molecule is COC(=O)N1CCc2c(cncc2C(=O)NCc2ccccn2)C1. The van der Waals surface area contributed by atoms with Crippen LogP contribution >= 0.6 is 0 Å². The molecule has 0 spiro atoms. The van der Waals surface area contributed by atoms with Crippen molar-refractivity contribution in [1.82, 2.24) is 20.2 Å². The van der Waals surface area contributed by atoms with Gasteiger partial charge < -0.3 is 15.0 Å². The maximum absolute atomic E-state index is 12.5. The van der Waals surface area contributed by atoms with Crippen molar-refractivity contribution in [2.75, 3.05) is 13.7 Å². The molecule has 124 valence electrons. The van der Waals surface area contributed by atoms with Crippen LogP contribution in [0.2, 0.25) is 0 Å². The highest BCUT2D eigenvalue weighted by molar-refractivity contribution is 5.95. The maximum Gasteiger partial charge on any atom is 0.409 e. The van der Waals surface area contributed by atoms with Crippen molar-refractivity contribution < 1.29 is 14.3 Å². The summed E-state index contributed by atoms with van der Waals surface area (Å²) in [4.78, 5) is 34.0. The van der Waals surface area contributed by atoms with Gasteiger partial charge in [0.2, 0.25) is 0 Å². The number of amides is 2. The molecular weight excluding hydrogens is 308 g/mol. The number of carbonyl (C=O) groups is 2. The quantitative estimate of drug-likeness (QED) is 0.925. The number of ether oxygens (including phenoxy) is 1. The van der Waals surface area contributed by atoms with Gasteiger partial charge in [0.05, 0.1) is 31.5 Å². The van der Waals surface area contributed by atoms with Crippen molar-refractivity contribution in [3.05, 3.63) is 59.2 Å². The van der Waals surface area contributed by atoms with Crippen molar-refractivity contribution in [2.45, 2.75) is 19.5 Å². The van der Waals surface area contributed by atoms with Gasteiger partial charge in [-0.25, -0.2) is 4.79 Å². The Morgan fingerprint density at radius 2 is 2.21 bits per heavy atom. The van der Waals surface area contributed by atoms with Crippen molar-refractivity contribution >= 4 is 12.0 Å². The largest absolute Gasteiger partial charge is 0.453 e. The number of nitrogens with one attached hydrogen (secondary N) is 1. The van der Waals surface area contributed by atoms with Gasteiger partial charge in [-0.3, -0.25) is 14.8 Å². The minimum Gasteiger partial charge on any atom is -0.453 e. The van der Waals surface area contributed by atoms with E-state index >= 15 is 0 Å². The van der Waals surface area contributed by atoms with Crippen LogP contribution in [0.15, 0.2) is 36.8 Å². The van der Waals surface area contributed by atoms with Gasteiger partial charge in [-0.05, 0) is 29.7 Å². The summed E-state index contributed by atoms with van der Waals surface area (Å²) in [6.45, 7) is 1.28. The van der Waals surface area contributed by atoms with Crippen LogP contribution in [0.3, 0.4) is 0 Å². The molecule has 0 fully saturated rings. The predicted octanol–water partition coefficient (Wildman–Crippen LogP) is 1.53. The molecule has 3 heterocycles. The van der Waals surface area contributed by atoms with Crippen molar-refractivity contribution in [3.63, 3.8) is 0 Å². The first-order valence-corrected chi connectivity index (χ1v) is 7.66. The van der Waals surface area contributed by atoms with Crippen LogP contribution in [0.5, 0.6) is 0 Å². The number of fused-ring (bicyclic) bond motifs is 1. The van der Waals surface area contributed by atoms with E-state index in [2.05, 4.69) is 15.3 Å².